The van der Waals surface area contributed by atoms with Crippen molar-refractivity contribution in [2.75, 3.05) is 27.2 Å². The summed E-state index contributed by atoms with van der Waals surface area (Å²) in [6.07, 6.45) is -4.95. The van der Waals surface area contributed by atoms with Gasteiger partial charge in [0.05, 0.1) is 24.4 Å². The molecule has 0 saturated carbocycles. The molecule has 3 atom stereocenters. The fourth-order valence-corrected chi connectivity index (χ4v) is 3.43. The van der Waals surface area contributed by atoms with Crippen molar-refractivity contribution in [2.45, 2.75) is 52.0 Å². The minimum absolute atomic E-state index is 0.0156. The molecule has 134 valence electrons. The van der Waals surface area contributed by atoms with E-state index in [1.165, 1.54) is 24.1 Å². The van der Waals surface area contributed by atoms with Gasteiger partial charge in [0.15, 0.2) is 11.5 Å². The van der Waals surface area contributed by atoms with E-state index in [2.05, 4.69) is 0 Å². The lowest BCUT2D eigenvalue weighted by molar-refractivity contribution is -0.0259. The average molecular weight is 347 g/mol. The van der Waals surface area contributed by atoms with Crippen molar-refractivity contribution in [1.29, 1.82) is 0 Å². The first-order valence-corrected chi connectivity index (χ1v) is 7.85. The van der Waals surface area contributed by atoms with E-state index in [1.807, 2.05) is 0 Å². The van der Waals surface area contributed by atoms with E-state index in [-0.39, 0.29) is 30.9 Å². The van der Waals surface area contributed by atoms with Crippen LogP contribution in [-0.4, -0.2) is 43.3 Å². The van der Waals surface area contributed by atoms with E-state index in [0.717, 1.165) is 6.92 Å². The Kier molecular flexibility index (Phi) is 2.06. The number of fused-ring (bicyclic) bond motifs is 3. The van der Waals surface area contributed by atoms with Crippen molar-refractivity contribution in [2.24, 2.45) is 11.3 Å². The summed E-state index contributed by atoms with van der Waals surface area (Å²) in [4.78, 5) is 1.30. The molecule has 4 nitrogen and oxygen atoms in total. The Morgan fingerprint density at radius 3 is 2.92 bits per heavy atom. The van der Waals surface area contributed by atoms with Crippen LogP contribution in [-0.2, 0) is 6.42 Å². The summed E-state index contributed by atoms with van der Waals surface area (Å²) in [5.41, 5.74) is -1.85. The first kappa shape index (κ1) is 7.55. The first-order valence-electron chi connectivity index (χ1n) is 14.4. The Bertz CT molecular complexity index is 1000. The van der Waals surface area contributed by atoms with Gasteiger partial charge in [0.2, 0.25) is 0 Å². The molecule has 2 aliphatic rings. The number of aliphatic hydroxyl groups excluding tert-OH is 1. The Balaban J connectivity index is 2.10. The van der Waals surface area contributed by atoms with Gasteiger partial charge >= 0.3 is 0 Å². The standard InChI is InChI=1S/C20H31NO3/c1-20(2,3)11-14-12-21-7-6-13-8-18(23-4)19(24-5)9-15(13)16(21)10-17(14)22/h8-9,14,16-17,22H,6-7,10-12H2,1-5H3/i1D3,2D3,4D3,11D2,12D2. The molecule has 0 aliphatic carbocycles. The number of nitrogens with zero attached hydrogens (tertiary/aromatic N) is 1. The molecular weight excluding hydrogens is 302 g/mol. The second-order valence-electron chi connectivity index (χ2n) is 6.44. The molecule has 0 radical (unpaired) electrons. The lowest BCUT2D eigenvalue weighted by Crippen LogP contribution is -2.48. The molecule has 1 N–H and O–H groups in total. The third-order valence-electron chi connectivity index (χ3n) is 4.49. The molecule has 0 amide bonds. The molecule has 0 spiro atoms. The summed E-state index contributed by atoms with van der Waals surface area (Å²) in [6, 6.07) is 2.16. The molecule has 1 aromatic carbocycles. The molecule has 1 saturated heterocycles. The molecule has 3 unspecified atom stereocenters. The molecule has 3 rings (SSSR count). The van der Waals surface area contributed by atoms with Crippen molar-refractivity contribution >= 4 is 0 Å². The fourth-order valence-electron chi connectivity index (χ4n) is 3.43. The monoisotopic (exact) mass is 346 g/mol. The van der Waals surface area contributed by atoms with Crippen LogP contribution in [0.1, 0.15) is 68.4 Å². The second-order valence-corrected chi connectivity index (χ2v) is 6.44. The van der Waals surface area contributed by atoms with Crippen molar-refractivity contribution in [3.05, 3.63) is 23.3 Å². The van der Waals surface area contributed by atoms with Crippen LogP contribution in [0, 0.1) is 11.3 Å². The lowest BCUT2D eigenvalue weighted by Gasteiger charge is -2.47. The number of hydrogen-bond donors (Lipinski definition) is 1. The van der Waals surface area contributed by atoms with E-state index in [9.17, 15) is 5.11 Å². The Morgan fingerprint density at radius 1 is 1.42 bits per heavy atom. The zero-order valence-corrected chi connectivity index (χ0v) is 13.7. The van der Waals surface area contributed by atoms with Crippen LogP contribution in [0.3, 0.4) is 0 Å². The minimum Gasteiger partial charge on any atom is -0.493 e. The van der Waals surface area contributed by atoms with Gasteiger partial charge in [-0.05, 0) is 53.8 Å². The van der Waals surface area contributed by atoms with Gasteiger partial charge in [0, 0.05) is 32.8 Å². The zero-order chi connectivity index (χ0) is 28.6. The molecule has 0 aromatic heterocycles. The Labute approximate surface area is 164 Å². The van der Waals surface area contributed by atoms with Gasteiger partial charge in [-0.2, -0.15) is 0 Å². The molecule has 1 aromatic rings. The van der Waals surface area contributed by atoms with E-state index >= 15 is 0 Å². The number of hydrogen-bond acceptors (Lipinski definition) is 4. The Morgan fingerprint density at radius 2 is 2.21 bits per heavy atom. The van der Waals surface area contributed by atoms with Crippen LogP contribution >= 0.6 is 0 Å². The molecule has 0 bridgehead atoms. The maximum Gasteiger partial charge on any atom is 0.161 e. The SMILES string of the molecule is [2H]C([2H])([2H])Oc1cc2c(cc1OC)C1CC(O)C(C([2H])([2H])C(C)(C([2H])([2H])[2H])C([2H])([2H])[2H])C([2H])([2H])N1CC2. The fraction of sp³-hybridized carbons (Fsp3) is 0.700. The predicted octanol–water partition coefficient (Wildman–Crippen LogP) is 3.42. The highest BCUT2D eigenvalue weighted by Gasteiger charge is 2.39. The number of piperidine rings is 1. The lowest BCUT2D eigenvalue weighted by atomic mass is 9.75. The second kappa shape index (κ2) is 6.57. The maximum atomic E-state index is 11.1. The van der Waals surface area contributed by atoms with Crippen LogP contribution in [0.4, 0.5) is 0 Å². The molecule has 4 heteroatoms. The van der Waals surface area contributed by atoms with E-state index < -0.39 is 57.1 Å². The van der Waals surface area contributed by atoms with Crippen LogP contribution in [0.5, 0.6) is 11.5 Å². The average Bonchev–Trinajstić information content (AvgIpc) is 2.68. The molecule has 2 aliphatic heterocycles. The van der Waals surface area contributed by atoms with Crippen molar-refractivity contribution < 1.29 is 32.4 Å². The number of benzene rings is 1. The highest BCUT2D eigenvalue weighted by Crippen LogP contribution is 2.44. The summed E-state index contributed by atoms with van der Waals surface area (Å²) in [5.74, 6) is -1.97. The number of aliphatic hydroxyl groups is 1. The molecule has 2 heterocycles. The summed E-state index contributed by atoms with van der Waals surface area (Å²) < 4.78 is 115. The molecule has 24 heavy (non-hydrogen) atoms. The normalized spacial score (nSPS) is 39.6. The molecular formula is C20H31NO3. The summed E-state index contributed by atoms with van der Waals surface area (Å²) in [5, 5.41) is 11.1. The summed E-state index contributed by atoms with van der Waals surface area (Å²) in [6.45, 7) is -8.56. The highest BCUT2D eigenvalue weighted by atomic mass is 16.5. The van der Waals surface area contributed by atoms with Gasteiger partial charge in [-0.15, -0.1) is 0 Å². The Hall–Kier alpha value is -1.26. The third kappa shape index (κ3) is 3.40. The number of ether oxygens (including phenoxy) is 2. The van der Waals surface area contributed by atoms with Gasteiger partial charge in [0.1, 0.15) is 0 Å². The predicted molar refractivity (Wildman–Crippen MR) is 95.7 cm³/mol. The van der Waals surface area contributed by atoms with Gasteiger partial charge in [-0.25, -0.2) is 0 Å². The topological polar surface area (TPSA) is 41.9 Å². The maximum absolute atomic E-state index is 11.1. The van der Waals surface area contributed by atoms with Crippen molar-refractivity contribution in [3.63, 3.8) is 0 Å². The minimum atomic E-state index is -3.34. The van der Waals surface area contributed by atoms with Crippen LogP contribution < -0.4 is 9.47 Å². The summed E-state index contributed by atoms with van der Waals surface area (Å²) >= 11 is 0. The van der Waals surface area contributed by atoms with E-state index in [1.54, 1.807) is 0 Å². The van der Waals surface area contributed by atoms with Crippen LogP contribution in [0.15, 0.2) is 12.1 Å². The van der Waals surface area contributed by atoms with E-state index in [0.29, 0.717) is 11.1 Å². The largest absolute Gasteiger partial charge is 0.493 e. The summed E-state index contributed by atoms with van der Waals surface area (Å²) in [7, 11) is -1.43. The zero-order valence-electron chi connectivity index (χ0n) is 26.7. The van der Waals surface area contributed by atoms with Crippen molar-refractivity contribution in [1.82, 2.24) is 4.90 Å². The van der Waals surface area contributed by atoms with Gasteiger partial charge in [0.25, 0.3) is 0 Å². The third-order valence-corrected chi connectivity index (χ3v) is 4.49. The van der Waals surface area contributed by atoms with E-state index in [4.69, 9.17) is 27.3 Å². The van der Waals surface area contributed by atoms with Gasteiger partial charge in [-0.1, -0.05) is 20.6 Å². The van der Waals surface area contributed by atoms with Gasteiger partial charge < -0.3 is 14.6 Å². The van der Waals surface area contributed by atoms with Crippen molar-refractivity contribution in [3.8, 4) is 11.5 Å². The van der Waals surface area contributed by atoms with Crippen LogP contribution in [0.2, 0.25) is 0 Å². The van der Waals surface area contributed by atoms with Crippen LogP contribution in [0.25, 0.3) is 0 Å². The highest BCUT2D eigenvalue weighted by molar-refractivity contribution is 5.49. The first-order chi connectivity index (χ1) is 16.5. The molecule has 1 fully saturated rings. The number of methoxy groups -OCH3 is 2. The number of rotatable bonds is 3. The smallest absolute Gasteiger partial charge is 0.161 e. The van der Waals surface area contributed by atoms with Gasteiger partial charge in [-0.3, -0.25) is 4.90 Å². The quantitative estimate of drug-likeness (QED) is 0.910.